The third-order valence-corrected chi connectivity index (χ3v) is 6.61. The number of carbonyl (C=O) groups excluding carboxylic acids is 1. The number of amides is 1. The lowest BCUT2D eigenvalue weighted by molar-refractivity contribution is -0.118. The summed E-state index contributed by atoms with van der Waals surface area (Å²) in [5.41, 5.74) is 0.493. The first-order valence-electron chi connectivity index (χ1n) is 8.89. The molecule has 0 aliphatic carbocycles. The molecule has 1 atom stereocenters. The highest BCUT2D eigenvalue weighted by molar-refractivity contribution is 7.89. The first kappa shape index (κ1) is 22.1. The first-order valence-corrected chi connectivity index (χ1v) is 10.3. The highest BCUT2D eigenvalue weighted by atomic mass is 35.5. The highest BCUT2D eigenvalue weighted by Gasteiger charge is 2.26. The number of sulfonamides is 1. The van der Waals surface area contributed by atoms with Gasteiger partial charge >= 0.3 is 0 Å². The molecule has 1 aromatic carbocycles. The van der Waals surface area contributed by atoms with Gasteiger partial charge in [-0.2, -0.15) is 4.31 Å². The van der Waals surface area contributed by atoms with Crippen molar-refractivity contribution in [3.05, 3.63) is 24.3 Å². The molecule has 0 unspecified atom stereocenters. The van der Waals surface area contributed by atoms with Gasteiger partial charge < -0.3 is 15.4 Å². The smallest absolute Gasteiger partial charge is 0.243 e. The summed E-state index contributed by atoms with van der Waals surface area (Å²) in [6.45, 7) is 6.42. The molecule has 10 heteroatoms. The van der Waals surface area contributed by atoms with E-state index in [1.807, 2.05) is 0 Å². The molecule has 2 heterocycles. The number of carbonyl (C=O) groups is 1. The van der Waals surface area contributed by atoms with Gasteiger partial charge in [0.25, 0.3) is 0 Å². The molecule has 2 aliphatic heterocycles. The van der Waals surface area contributed by atoms with Crippen LogP contribution in [0, 0.1) is 0 Å². The number of morpholine rings is 1. The fourth-order valence-electron chi connectivity index (χ4n) is 3.17. The van der Waals surface area contributed by atoms with Crippen molar-refractivity contribution in [2.75, 3.05) is 57.8 Å². The summed E-state index contributed by atoms with van der Waals surface area (Å²) in [6, 6.07) is 6.72. The van der Waals surface area contributed by atoms with Crippen molar-refractivity contribution in [1.29, 1.82) is 0 Å². The molecule has 0 spiro atoms. The van der Waals surface area contributed by atoms with Crippen molar-refractivity contribution >= 4 is 34.0 Å². The van der Waals surface area contributed by atoms with Crippen LogP contribution < -0.4 is 10.6 Å². The van der Waals surface area contributed by atoms with Crippen LogP contribution in [0.25, 0.3) is 0 Å². The van der Waals surface area contributed by atoms with E-state index in [-0.39, 0.29) is 23.2 Å². The van der Waals surface area contributed by atoms with E-state index in [1.165, 1.54) is 10.4 Å². The van der Waals surface area contributed by atoms with Gasteiger partial charge in [0.1, 0.15) is 0 Å². The zero-order valence-electron chi connectivity index (χ0n) is 15.4. The predicted molar refractivity (Wildman–Crippen MR) is 106 cm³/mol. The Labute approximate surface area is 166 Å². The molecule has 8 nitrogen and oxygen atoms in total. The third kappa shape index (κ3) is 5.63. The Morgan fingerprint density at radius 1 is 1.30 bits per heavy atom. The summed E-state index contributed by atoms with van der Waals surface area (Å²) in [5, 5.41) is 6.11. The van der Waals surface area contributed by atoms with Gasteiger partial charge in [0.05, 0.1) is 24.7 Å². The van der Waals surface area contributed by atoms with Crippen LogP contribution in [-0.4, -0.2) is 82.1 Å². The van der Waals surface area contributed by atoms with Gasteiger partial charge in [-0.25, -0.2) is 8.42 Å². The Kier molecular flexibility index (Phi) is 8.02. The first-order chi connectivity index (χ1) is 12.5. The van der Waals surface area contributed by atoms with Crippen LogP contribution in [0.5, 0.6) is 0 Å². The minimum Gasteiger partial charge on any atom is -0.379 e. The van der Waals surface area contributed by atoms with E-state index in [0.29, 0.717) is 44.6 Å². The maximum Gasteiger partial charge on any atom is 0.243 e. The molecule has 2 saturated heterocycles. The Morgan fingerprint density at radius 2 is 2.04 bits per heavy atom. The summed E-state index contributed by atoms with van der Waals surface area (Å²) in [5.74, 6) is -0.139. The number of piperazine rings is 1. The average molecular weight is 419 g/mol. The van der Waals surface area contributed by atoms with Crippen LogP contribution in [0.3, 0.4) is 0 Å². The van der Waals surface area contributed by atoms with E-state index in [4.69, 9.17) is 4.74 Å². The number of benzene rings is 1. The molecule has 2 aliphatic rings. The molecule has 1 aromatic rings. The van der Waals surface area contributed by atoms with E-state index in [1.54, 1.807) is 18.2 Å². The van der Waals surface area contributed by atoms with Gasteiger partial charge in [0, 0.05) is 44.5 Å². The molecule has 27 heavy (non-hydrogen) atoms. The standard InChI is InChI=1S/C17H26N4O4S.ClH/c1-14-12-18-5-6-20(14)13-17(22)19-15-3-2-4-16(11-15)26(23,24)21-7-9-25-10-8-21;/h2-4,11,14,18H,5-10,12-13H2,1H3,(H,19,22);1H/t14-;/m1./s1. The maximum absolute atomic E-state index is 12.7. The predicted octanol–water partition coefficient (Wildman–Crippen LogP) is 0.362. The van der Waals surface area contributed by atoms with E-state index in [2.05, 4.69) is 22.5 Å². The van der Waals surface area contributed by atoms with Crippen LogP contribution in [0.2, 0.25) is 0 Å². The van der Waals surface area contributed by atoms with Crippen LogP contribution in [0.1, 0.15) is 6.92 Å². The zero-order chi connectivity index (χ0) is 18.6. The Balaban J connectivity index is 0.00000261. The number of rotatable bonds is 5. The summed E-state index contributed by atoms with van der Waals surface area (Å²) in [7, 11) is -3.57. The molecular formula is C17H27ClN4O4S. The van der Waals surface area contributed by atoms with Crippen molar-refractivity contribution in [3.63, 3.8) is 0 Å². The lowest BCUT2D eigenvalue weighted by atomic mass is 10.2. The highest BCUT2D eigenvalue weighted by Crippen LogP contribution is 2.20. The number of ether oxygens (including phenoxy) is 1. The van der Waals surface area contributed by atoms with Crippen molar-refractivity contribution in [2.24, 2.45) is 0 Å². The number of hydrogen-bond donors (Lipinski definition) is 2. The van der Waals surface area contributed by atoms with E-state index >= 15 is 0 Å². The van der Waals surface area contributed by atoms with Crippen molar-refractivity contribution in [2.45, 2.75) is 17.9 Å². The molecule has 0 bridgehead atoms. The van der Waals surface area contributed by atoms with Gasteiger partial charge in [-0.15, -0.1) is 12.4 Å². The fourth-order valence-corrected chi connectivity index (χ4v) is 4.63. The lowest BCUT2D eigenvalue weighted by Crippen LogP contribution is -2.51. The molecule has 2 N–H and O–H groups in total. The summed E-state index contributed by atoms with van der Waals surface area (Å²) < 4.78 is 32.1. The second-order valence-corrected chi connectivity index (χ2v) is 8.55. The SMILES string of the molecule is C[C@@H]1CNCCN1CC(=O)Nc1cccc(S(=O)(=O)N2CCOCC2)c1.Cl. The normalized spacial score (nSPS) is 22.0. The fraction of sp³-hybridized carbons (Fsp3) is 0.588. The van der Waals surface area contributed by atoms with Gasteiger partial charge in [-0.1, -0.05) is 6.07 Å². The van der Waals surface area contributed by atoms with E-state index < -0.39 is 10.0 Å². The maximum atomic E-state index is 12.7. The Morgan fingerprint density at radius 3 is 2.74 bits per heavy atom. The summed E-state index contributed by atoms with van der Waals surface area (Å²) in [4.78, 5) is 14.6. The lowest BCUT2D eigenvalue weighted by Gasteiger charge is -2.33. The summed E-state index contributed by atoms with van der Waals surface area (Å²) >= 11 is 0. The van der Waals surface area contributed by atoms with E-state index in [0.717, 1.165) is 19.6 Å². The minimum atomic E-state index is -3.57. The van der Waals surface area contributed by atoms with Crippen LogP contribution >= 0.6 is 12.4 Å². The van der Waals surface area contributed by atoms with Crippen LogP contribution in [0.15, 0.2) is 29.2 Å². The number of anilines is 1. The number of nitrogens with zero attached hydrogens (tertiary/aromatic N) is 2. The number of halogens is 1. The van der Waals surface area contributed by atoms with Gasteiger partial charge in [0.2, 0.25) is 15.9 Å². The molecular weight excluding hydrogens is 392 g/mol. The molecule has 152 valence electrons. The number of hydrogen-bond acceptors (Lipinski definition) is 6. The van der Waals surface area contributed by atoms with E-state index in [9.17, 15) is 13.2 Å². The second-order valence-electron chi connectivity index (χ2n) is 6.62. The Bertz CT molecular complexity index is 740. The molecule has 0 aromatic heterocycles. The molecule has 0 radical (unpaired) electrons. The van der Waals surface area contributed by atoms with Crippen molar-refractivity contribution in [1.82, 2.24) is 14.5 Å². The number of nitrogens with one attached hydrogen (secondary N) is 2. The Hall–Kier alpha value is -1.23. The van der Waals surface area contributed by atoms with Crippen LogP contribution in [-0.2, 0) is 19.6 Å². The van der Waals surface area contributed by atoms with Crippen LogP contribution in [0.4, 0.5) is 5.69 Å². The van der Waals surface area contributed by atoms with Crippen molar-refractivity contribution in [3.8, 4) is 0 Å². The third-order valence-electron chi connectivity index (χ3n) is 4.71. The average Bonchev–Trinajstić information content (AvgIpc) is 2.64. The zero-order valence-corrected chi connectivity index (χ0v) is 17.0. The van der Waals surface area contributed by atoms with Gasteiger partial charge in [0.15, 0.2) is 0 Å². The van der Waals surface area contributed by atoms with Gasteiger partial charge in [-0.3, -0.25) is 9.69 Å². The molecule has 1 amide bonds. The second kappa shape index (κ2) is 9.81. The monoisotopic (exact) mass is 418 g/mol. The molecule has 2 fully saturated rings. The quantitative estimate of drug-likeness (QED) is 0.717. The molecule has 0 saturated carbocycles. The molecule has 3 rings (SSSR count). The van der Waals surface area contributed by atoms with Gasteiger partial charge in [-0.05, 0) is 25.1 Å². The minimum absolute atomic E-state index is 0. The topological polar surface area (TPSA) is 91.0 Å². The largest absolute Gasteiger partial charge is 0.379 e. The van der Waals surface area contributed by atoms with Crippen molar-refractivity contribution < 1.29 is 17.9 Å². The summed E-state index contributed by atoms with van der Waals surface area (Å²) in [6.07, 6.45) is 0.